The summed E-state index contributed by atoms with van der Waals surface area (Å²) in [6, 6.07) is 6.16. The van der Waals surface area contributed by atoms with E-state index in [0.717, 1.165) is 49.3 Å². The molecule has 1 amide bonds. The van der Waals surface area contributed by atoms with Crippen LogP contribution in [0, 0.1) is 5.92 Å². The summed E-state index contributed by atoms with van der Waals surface area (Å²) in [6.07, 6.45) is 7.92. The van der Waals surface area contributed by atoms with Crippen LogP contribution in [-0.4, -0.2) is 17.5 Å². The molecule has 5 heteroatoms. The topological polar surface area (TPSA) is 51.2 Å². The fourth-order valence-electron chi connectivity index (χ4n) is 3.05. The van der Waals surface area contributed by atoms with Crippen LogP contribution in [-0.2, 0) is 11.2 Å². The van der Waals surface area contributed by atoms with Crippen molar-refractivity contribution in [2.45, 2.75) is 25.7 Å². The van der Waals surface area contributed by atoms with Crippen molar-refractivity contribution >= 4 is 22.4 Å². The fraction of sp³-hybridized carbons (Fsp3) is 0.333. The molecule has 1 aromatic carbocycles. The molecule has 1 aromatic heterocycles. The molecule has 4 rings (SSSR count). The second-order valence-electron chi connectivity index (χ2n) is 5.93. The van der Waals surface area contributed by atoms with E-state index in [1.54, 1.807) is 0 Å². The highest BCUT2D eigenvalue weighted by molar-refractivity contribution is 7.14. The molecule has 1 atom stereocenters. The first-order chi connectivity index (χ1) is 11.3. The third kappa shape index (κ3) is 3.01. The smallest absolute Gasteiger partial charge is 0.229 e. The fourth-order valence-corrected chi connectivity index (χ4v) is 3.77. The van der Waals surface area contributed by atoms with E-state index in [2.05, 4.69) is 28.5 Å². The number of fused-ring (bicyclic) bond motifs is 1. The lowest BCUT2D eigenvalue weighted by atomic mass is 9.94. The molecular weight excluding hydrogens is 308 g/mol. The van der Waals surface area contributed by atoms with Gasteiger partial charge in [0.2, 0.25) is 5.91 Å². The number of allylic oxidation sites excluding steroid dienone is 2. The Balaban J connectivity index is 1.48. The summed E-state index contributed by atoms with van der Waals surface area (Å²) >= 11 is 1.48. The predicted octanol–water partition coefficient (Wildman–Crippen LogP) is 4.04. The monoisotopic (exact) mass is 326 g/mol. The van der Waals surface area contributed by atoms with Gasteiger partial charge in [0, 0.05) is 23.3 Å². The van der Waals surface area contributed by atoms with Gasteiger partial charge in [-0.1, -0.05) is 12.2 Å². The molecule has 0 fully saturated rings. The van der Waals surface area contributed by atoms with Gasteiger partial charge in [0.25, 0.3) is 0 Å². The first-order valence-electron chi connectivity index (χ1n) is 7.97. The summed E-state index contributed by atoms with van der Waals surface area (Å²) in [7, 11) is 0. The Labute approximate surface area is 139 Å². The summed E-state index contributed by atoms with van der Waals surface area (Å²) in [5, 5.41) is 5.64. The van der Waals surface area contributed by atoms with Gasteiger partial charge in [-0.25, -0.2) is 4.98 Å². The SMILES string of the molecule is O=C(Nc1nc(-c2ccc3c(c2)CCO3)cs1)C1CC=CCC1. The lowest BCUT2D eigenvalue weighted by Crippen LogP contribution is -2.23. The van der Waals surface area contributed by atoms with Crippen molar-refractivity contribution in [1.82, 2.24) is 4.98 Å². The van der Waals surface area contributed by atoms with Crippen LogP contribution in [0.3, 0.4) is 0 Å². The molecule has 4 nitrogen and oxygen atoms in total. The largest absolute Gasteiger partial charge is 0.493 e. The molecule has 0 radical (unpaired) electrons. The summed E-state index contributed by atoms with van der Waals surface area (Å²) in [5.41, 5.74) is 3.21. The number of carbonyl (C=O) groups excluding carboxylic acids is 1. The zero-order valence-corrected chi connectivity index (χ0v) is 13.6. The van der Waals surface area contributed by atoms with Crippen LogP contribution >= 0.6 is 11.3 Å². The van der Waals surface area contributed by atoms with Gasteiger partial charge in [-0.3, -0.25) is 4.79 Å². The zero-order valence-electron chi connectivity index (χ0n) is 12.7. The van der Waals surface area contributed by atoms with Gasteiger partial charge in [-0.05, 0) is 43.0 Å². The standard InChI is InChI=1S/C18H18N2O2S/c21-17(12-4-2-1-3-5-12)20-18-19-15(11-23-18)13-6-7-16-14(10-13)8-9-22-16/h1-2,6-7,10-12H,3-5,8-9H2,(H,19,20,21). The van der Waals surface area contributed by atoms with Gasteiger partial charge >= 0.3 is 0 Å². The molecule has 0 saturated heterocycles. The normalized spacial score (nSPS) is 19.2. The van der Waals surface area contributed by atoms with E-state index < -0.39 is 0 Å². The third-order valence-corrected chi connectivity index (χ3v) is 5.12. The van der Waals surface area contributed by atoms with Gasteiger partial charge in [0.1, 0.15) is 5.75 Å². The molecule has 118 valence electrons. The minimum Gasteiger partial charge on any atom is -0.493 e. The Morgan fingerprint density at radius 1 is 1.35 bits per heavy atom. The number of aromatic nitrogens is 1. The van der Waals surface area contributed by atoms with Crippen molar-refractivity contribution in [2.24, 2.45) is 5.92 Å². The molecule has 0 spiro atoms. The number of carbonyl (C=O) groups is 1. The molecule has 2 aromatic rings. The Bertz CT molecular complexity index is 766. The predicted molar refractivity (Wildman–Crippen MR) is 91.9 cm³/mol. The summed E-state index contributed by atoms with van der Waals surface area (Å²) in [4.78, 5) is 16.8. The minimum atomic E-state index is 0.0736. The minimum absolute atomic E-state index is 0.0736. The molecule has 1 aliphatic heterocycles. The lowest BCUT2D eigenvalue weighted by Gasteiger charge is -2.15. The van der Waals surface area contributed by atoms with Crippen molar-refractivity contribution < 1.29 is 9.53 Å². The lowest BCUT2D eigenvalue weighted by molar-refractivity contribution is -0.120. The summed E-state index contributed by atoms with van der Waals surface area (Å²) in [6.45, 7) is 0.757. The molecule has 23 heavy (non-hydrogen) atoms. The highest BCUT2D eigenvalue weighted by Crippen LogP contribution is 2.32. The number of nitrogens with zero attached hydrogens (tertiary/aromatic N) is 1. The average Bonchev–Trinajstić information content (AvgIpc) is 3.23. The van der Waals surface area contributed by atoms with Crippen molar-refractivity contribution in [3.05, 3.63) is 41.3 Å². The summed E-state index contributed by atoms with van der Waals surface area (Å²) in [5.74, 6) is 1.13. The highest BCUT2D eigenvalue weighted by atomic mass is 32.1. The van der Waals surface area contributed by atoms with E-state index >= 15 is 0 Å². The molecule has 2 aliphatic rings. The zero-order chi connectivity index (χ0) is 15.6. The van der Waals surface area contributed by atoms with Crippen LogP contribution in [0.4, 0.5) is 5.13 Å². The molecular formula is C18H18N2O2S. The van der Waals surface area contributed by atoms with E-state index in [1.165, 1.54) is 16.9 Å². The molecule has 2 heterocycles. The number of rotatable bonds is 3. The number of hydrogen-bond donors (Lipinski definition) is 1. The maximum Gasteiger partial charge on any atom is 0.229 e. The van der Waals surface area contributed by atoms with Crippen molar-refractivity contribution in [3.8, 4) is 17.0 Å². The molecule has 1 N–H and O–H groups in total. The Hall–Kier alpha value is -2.14. The van der Waals surface area contributed by atoms with E-state index in [1.807, 2.05) is 17.5 Å². The van der Waals surface area contributed by atoms with Gasteiger partial charge in [0.05, 0.1) is 12.3 Å². The van der Waals surface area contributed by atoms with E-state index in [0.29, 0.717) is 5.13 Å². The Morgan fingerprint density at radius 3 is 3.17 bits per heavy atom. The number of benzene rings is 1. The maximum absolute atomic E-state index is 12.3. The average molecular weight is 326 g/mol. The van der Waals surface area contributed by atoms with Crippen LogP contribution in [0.5, 0.6) is 5.75 Å². The van der Waals surface area contributed by atoms with Gasteiger partial charge < -0.3 is 10.1 Å². The number of hydrogen-bond acceptors (Lipinski definition) is 4. The number of nitrogens with one attached hydrogen (secondary N) is 1. The molecule has 0 saturated carbocycles. The van der Waals surface area contributed by atoms with Crippen molar-refractivity contribution in [2.75, 3.05) is 11.9 Å². The van der Waals surface area contributed by atoms with Gasteiger partial charge in [-0.2, -0.15) is 0 Å². The molecule has 0 bridgehead atoms. The van der Waals surface area contributed by atoms with Crippen LogP contribution in [0.15, 0.2) is 35.7 Å². The van der Waals surface area contributed by atoms with E-state index in [-0.39, 0.29) is 11.8 Å². The number of ether oxygens (including phenoxy) is 1. The first-order valence-corrected chi connectivity index (χ1v) is 8.85. The van der Waals surface area contributed by atoms with Crippen molar-refractivity contribution in [1.29, 1.82) is 0 Å². The van der Waals surface area contributed by atoms with Crippen molar-refractivity contribution in [3.63, 3.8) is 0 Å². The van der Waals surface area contributed by atoms with Gasteiger partial charge in [0.15, 0.2) is 5.13 Å². The second-order valence-corrected chi connectivity index (χ2v) is 6.79. The molecule has 1 aliphatic carbocycles. The van der Waals surface area contributed by atoms with E-state index in [9.17, 15) is 4.79 Å². The quantitative estimate of drug-likeness (QED) is 0.866. The number of thiazole rings is 1. The number of amides is 1. The summed E-state index contributed by atoms with van der Waals surface area (Å²) < 4.78 is 5.53. The van der Waals surface area contributed by atoms with Crippen LogP contribution in [0.2, 0.25) is 0 Å². The van der Waals surface area contributed by atoms with Crippen LogP contribution in [0.1, 0.15) is 24.8 Å². The third-order valence-electron chi connectivity index (χ3n) is 4.36. The van der Waals surface area contributed by atoms with Crippen LogP contribution in [0.25, 0.3) is 11.3 Å². The second kappa shape index (κ2) is 6.16. The Morgan fingerprint density at radius 2 is 2.30 bits per heavy atom. The van der Waals surface area contributed by atoms with Crippen LogP contribution < -0.4 is 10.1 Å². The highest BCUT2D eigenvalue weighted by Gasteiger charge is 2.20. The van der Waals surface area contributed by atoms with Gasteiger partial charge in [-0.15, -0.1) is 11.3 Å². The first kappa shape index (κ1) is 14.5. The van der Waals surface area contributed by atoms with E-state index in [4.69, 9.17) is 4.74 Å². The number of anilines is 1. The molecule has 1 unspecified atom stereocenters. The maximum atomic E-state index is 12.3. The Kier molecular flexibility index (Phi) is 3.87.